The standard InChI is InChI=1S/C19H29N3O3/c1-2-15-4-5-16(20-15)18(25)21-11-8-19(9-12-21)7-6-17(24)22(14-19)10-3-13-23/h4-5,20,23H,2-3,6-14H2,1H3. The van der Waals surface area contributed by atoms with Gasteiger partial charge in [-0.05, 0) is 49.7 Å². The molecule has 6 heteroatoms. The first-order valence-electron chi connectivity index (χ1n) is 9.43. The summed E-state index contributed by atoms with van der Waals surface area (Å²) in [6, 6.07) is 3.85. The third kappa shape index (κ3) is 3.89. The van der Waals surface area contributed by atoms with Crippen LogP contribution in [-0.4, -0.2) is 64.5 Å². The van der Waals surface area contributed by atoms with Gasteiger partial charge in [-0.15, -0.1) is 0 Å². The van der Waals surface area contributed by atoms with Crippen molar-refractivity contribution in [1.29, 1.82) is 0 Å². The van der Waals surface area contributed by atoms with Crippen molar-refractivity contribution in [3.05, 3.63) is 23.5 Å². The van der Waals surface area contributed by atoms with E-state index < -0.39 is 0 Å². The number of aryl methyl sites for hydroxylation is 1. The largest absolute Gasteiger partial charge is 0.396 e. The van der Waals surface area contributed by atoms with Crippen molar-refractivity contribution < 1.29 is 14.7 Å². The van der Waals surface area contributed by atoms with Crippen LogP contribution in [0.5, 0.6) is 0 Å². The van der Waals surface area contributed by atoms with Gasteiger partial charge in [-0.3, -0.25) is 9.59 Å². The molecule has 2 N–H and O–H groups in total. The molecule has 3 heterocycles. The Kier molecular flexibility index (Phi) is 5.47. The number of H-pyrrole nitrogens is 1. The number of hydrogen-bond donors (Lipinski definition) is 2. The van der Waals surface area contributed by atoms with E-state index in [9.17, 15) is 9.59 Å². The third-order valence-corrected chi connectivity index (χ3v) is 5.80. The van der Waals surface area contributed by atoms with E-state index >= 15 is 0 Å². The van der Waals surface area contributed by atoms with Gasteiger partial charge in [0.1, 0.15) is 5.69 Å². The second-order valence-corrected chi connectivity index (χ2v) is 7.44. The minimum absolute atomic E-state index is 0.0820. The summed E-state index contributed by atoms with van der Waals surface area (Å²) in [6.45, 7) is 5.10. The van der Waals surface area contributed by atoms with Gasteiger partial charge in [-0.2, -0.15) is 0 Å². The minimum Gasteiger partial charge on any atom is -0.396 e. The maximum absolute atomic E-state index is 12.7. The van der Waals surface area contributed by atoms with Crippen LogP contribution >= 0.6 is 0 Å². The van der Waals surface area contributed by atoms with Crippen molar-refractivity contribution in [2.45, 2.75) is 45.4 Å². The molecule has 2 aliphatic heterocycles. The number of carbonyl (C=O) groups is 2. The number of aromatic nitrogens is 1. The predicted octanol–water partition coefficient (Wildman–Crippen LogP) is 1.80. The van der Waals surface area contributed by atoms with E-state index in [0.29, 0.717) is 25.1 Å². The highest BCUT2D eigenvalue weighted by Gasteiger charge is 2.41. The molecule has 1 aromatic rings. The number of hydrogen-bond acceptors (Lipinski definition) is 3. The number of likely N-dealkylation sites (tertiary alicyclic amines) is 2. The summed E-state index contributed by atoms with van der Waals surface area (Å²) in [5, 5.41) is 9.02. The highest BCUT2D eigenvalue weighted by molar-refractivity contribution is 5.92. The van der Waals surface area contributed by atoms with Crippen molar-refractivity contribution >= 4 is 11.8 Å². The number of aromatic amines is 1. The van der Waals surface area contributed by atoms with E-state index in [1.165, 1.54) is 0 Å². The molecule has 1 spiro atoms. The van der Waals surface area contributed by atoms with Gasteiger partial charge < -0.3 is 19.9 Å². The van der Waals surface area contributed by atoms with Crippen molar-refractivity contribution in [1.82, 2.24) is 14.8 Å². The Labute approximate surface area is 149 Å². The molecule has 0 aliphatic carbocycles. The van der Waals surface area contributed by atoms with Crippen LogP contribution < -0.4 is 0 Å². The van der Waals surface area contributed by atoms with Crippen LogP contribution in [0.4, 0.5) is 0 Å². The fraction of sp³-hybridized carbons (Fsp3) is 0.684. The molecule has 0 atom stereocenters. The molecule has 0 aromatic carbocycles. The predicted molar refractivity (Wildman–Crippen MR) is 95.3 cm³/mol. The Morgan fingerprint density at radius 3 is 2.68 bits per heavy atom. The number of aliphatic hydroxyl groups is 1. The zero-order chi connectivity index (χ0) is 17.9. The second-order valence-electron chi connectivity index (χ2n) is 7.44. The van der Waals surface area contributed by atoms with E-state index in [4.69, 9.17) is 5.11 Å². The van der Waals surface area contributed by atoms with Gasteiger partial charge >= 0.3 is 0 Å². The quantitative estimate of drug-likeness (QED) is 0.853. The highest BCUT2D eigenvalue weighted by atomic mass is 16.3. The molecule has 25 heavy (non-hydrogen) atoms. The van der Waals surface area contributed by atoms with Gasteiger partial charge in [-0.25, -0.2) is 0 Å². The smallest absolute Gasteiger partial charge is 0.270 e. The molecule has 0 bridgehead atoms. The normalized spacial score (nSPS) is 20.3. The van der Waals surface area contributed by atoms with E-state index in [-0.39, 0.29) is 23.8 Å². The molecule has 1 aromatic heterocycles. The van der Waals surface area contributed by atoms with Crippen molar-refractivity contribution in [3.63, 3.8) is 0 Å². The lowest BCUT2D eigenvalue weighted by atomic mass is 9.72. The van der Waals surface area contributed by atoms with Crippen molar-refractivity contribution in [2.75, 3.05) is 32.8 Å². The molecule has 2 fully saturated rings. The second kappa shape index (κ2) is 7.60. The molecule has 0 saturated carbocycles. The average Bonchev–Trinajstić information content (AvgIpc) is 3.12. The highest BCUT2D eigenvalue weighted by Crippen LogP contribution is 2.40. The van der Waals surface area contributed by atoms with Crippen LogP contribution in [-0.2, 0) is 11.2 Å². The van der Waals surface area contributed by atoms with E-state index in [0.717, 1.165) is 51.0 Å². The zero-order valence-electron chi connectivity index (χ0n) is 15.1. The molecule has 3 rings (SSSR count). The van der Waals surface area contributed by atoms with Crippen LogP contribution in [0.3, 0.4) is 0 Å². The number of rotatable bonds is 5. The lowest BCUT2D eigenvalue weighted by molar-refractivity contribution is -0.139. The summed E-state index contributed by atoms with van der Waals surface area (Å²) in [5.41, 5.74) is 1.91. The van der Waals surface area contributed by atoms with Crippen LogP contribution in [0.2, 0.25) is 0 Å². The first-order chi connectivity index (χ1) is 12.1. The van der Waals surface area contributed by atoms with Crippen LogP contribution in [0.25, 0.3) is 0 Å². The number of aliphatic hydroxyl groups excluding tert-OH is 1. The maximum Gasteiger partial charge on any atom is 0.270 e. The van der Waals surface area contributed by atoms with Gasteiger partial charge in [0, 0.05) is 44.9 Å². The molecule has 138 valence electrons. The number of nitrogens with one attached hydrogen (secondary N) is 1. The Balaban J connectivity index is 1.59. The summed E-state index contributed by atoms with van der Waals surface area (Å²) < 4.78 is 0. The molecule has 0 unspecified atom stereocenters. The van der Waals surface area contributed by atoms with Gasteiger partial charge in [0.15, 0.2) is 0 Å². The third-order valence-electron chi connectivity index (χ3n) is 5.80. The summed E-state index contributed by atoms with van der Waals surface area (Å²) in [4.78, 5) is 31.8. The number of piperidine rings is 2. The maximum atomic E-state index is 12.7. The topological polar surface area (TPSA) is 76.6 Å². The number of nitrogens with zero attached hydrogens (tertiary/aromatic N) is 2. The summed E-state index contributed by atoms with van der Waals surface area (Å²) in [6.07, 6.45) is 4.95. The number of carbonyl (C=O) groups excluding carboxylic acids is 2. The van der Waals surface area contributed by atoms with Crippen LogP contribution in [0.1, 0.15) is 55.2 Å². The number of amides is 2. The van der Waals surface area contributed by atoms with E-state index in [1.807, 2.05) is 21.9 Å². The zero-order valence-corrected chi connectivity index (χ0v) is 15.1. The van der Waals surface area contributed by atoms with Gasteiger partial charge in [-0.1, -0.05) is 6.92 Å². The van der Waals surface area contributed by atoms with Gasteiger partial charge in [0.2, 0.25) is 5.91 Å². The van der Waals surface area contributed by atoms with Gasteiger partial charge in [0.05, 0.1) is 0 Å². The lowest BCUT2D eigenvalue weighted by Gasteiger charge is -2.47. The molecular formula is C19H29N3O3. The van der Waals surface area contributed by atoms with E-state index in [2.05, 4.69) is 11.9 Å². The Morgan fingerprint density at radius 1 is 1.28 bits per heavy atom. The Hall–Kier alpha value is -1.82. The van der Waals surface area contributed by atoms with Crippen LogP contribution in [0.15, 0.2) is 12.1 Å². The SMILES string of the molecule is CCc1ccc(C(=O)N2CCC3(CCC(=O)N(CCCO)C3)CC2)[nH]1. The molecule has 0 radical (unpaired) electrons. The molecule has 6 nitrogen and oxygen atoms in total. The first kappa shape index (κ1) is 18.0. The average molecular weight is 347 g/mol. The first-order valence-corrected chi connectivity index (χ1v) is 9.43. The lowest BCUT2D eigenvalue weighted by Crippen LogP contribution is -2.52. The Morgan fingerprint density at radius 2 is 2.04 bits per heavy atom. The Bertz CT molecular complexity index is 617. The summed E-state index contributed by atoms with van der Waals surface area (Å²) >= 11 is 0. The summed E-state index contributed by atoms with van der Waals surface area (Å²) in [5.74, 6) is 0.287. The minimum atomic E-state index is 0.0820. The summed E-state index contributed by atoms with van der Waals surface area (Å²) in [7, 11) is 0. The molecule has 2 saturated heterocycles. The van der Waals surface area contributed by atoms with Crippen molar-refractivity contribution in [3.8, 4) is 0 Å². The molecule has 2 aliphatic rings. The van der Waals surface area contributed by atoms with Crippen molar-refractivity contribution in [2.24, 2.45) is 5.41 Å². The monoisotopic (exact) mass is 347 g/mol. The fourth-order valence-corrected chi connectivity index (χ4v) is 4.10. The van der Waals surface area contributed by atoms with Crippen LogP contribution in [0, 0.1) is 5.41 Å². The van der Waals surface area contributed by atoms with E-state index in [1.54, 1.807) is 0 Å². The molecular weight excluding hydrogens is 318 g/mol. The van der Waals surface area contributed by atoms with Gasteiger partial charge in [0.25, 0.3) is 5.91 Å². The fourth-order valence-electron chi connectivity index (χ4n) is 4.10. The molecule has 2 amide bonds.